The summed E-state index contributed by atoms with van der Waals surface area (Å²) in [5, 5.41) is 4.91. The van der Waals surface area contributed by atoms with Crippen molar-refractivity contribution < 1.29 is 4.74 Å². The highest BCUT2D eigenvalue weighted by atomic mass is 35.5. The van der Waals surface area contributed by atoms with E-state index in [-0.39, 0.29) is 6.04 Å². The Labute approximate surface area is 124 Å². The van der Waals surface area contributed by atoms with Crippen molar-refractivity contribution in [2.75, 3.05) is 13.2 Å². The predicted molar refractivity (Wildman–Crippen MR) is 80.9 cm³/mol. The molecule has 19 heavy (non-hydrogen) atoms. The summed E-state index contributed by atoms with van der Waals surface area (Å²) in [7, 11) is 0. The number of benzene rings is 1. The minimum atomic E-state index is 0.281. The number of ether oxygens (including phenoxy) is 1. The lowest BCUT2D eigenvalue weighted by molar-refractivity contribution is 0.219. The van der Waals surface area contributed by atoms with Crippen LogP contribution >= 0.6 is 23.2 Å². The van der Waals surface area contributed by atoms with Crippen LogP contribution in [0.3, 0.4) is 0 Å². The Morgan fingerprint density at radius 2 is 2.21 bits per heavy atom. The van der Waals surface area contributed by atoms with Crippen molar-refractivity contribution in [3.8, 4) is 0 Å². The molecule has 2 nitrogen and oxygen atoms in total. The van der Waals surface area contributed by atoms with Gasteiger partial charge in [-0.3, -0.25) is 0 Å². The molecule has 0 amide bonds. The van der Waals surface area contributed by atoms with Gasteiger partial charge in [0, 0.05) is 16.1 Å². The van der Waals surface area contributed by atoms with E-state index in [4.69, 9.17) is 27.9 Å². The number of halogens is 2. The van der Waals surface area contributed by atoms with Crippen molar-refractivity contribution in [2.45, 2.75) is 32.2 Å². The molecule has 0 saturated heterocycles. The molecule has 0 aromatic heterocycles. The average Bonchev–Trinajstić information content (AvgIpc) is 2.42. The molecule has 1 atom stereocenters. The van der Waals surface area contributed by atoms with Gasteiger partial charge >= 0.3 is 0 Å². The van der Waals surface area contributed by atoms with Gasteiger partial charge in [0.15, 0.2) is 0 Å². The van der Waals surface area contributed by atoms with Gasteiger partial charge in [-0.15, -0.1) is 0 Å². The summed E-state index contributed by atoms with van der Waals surface area (Å²) in [5.41, 5.74) is 2.43. The molecule has 1 aliphatic rings. The lowest BCUT2D eigenvalue weighted by Crippen LogP contribution is -2.34. The summed E-state index contributed by atoms with van der Waals surface area (Å²) in [6, 6.07) is 5.97. The second-order valence-electron chi connectivity index (χ2n) is 4.72. The smallest absolute Gasteiger partial charge is 0.0876 e. The third-order valence-electron chi connectivity index (χ3n) is 3.30. The van der Waals surface area contributed by atoms with Crippen LogP contribution in [0.1, 0.15) is 25.3 Å². The van der Waals surface area contributed by atoms with Crippen LogP contribution < -0.4 is 5.32 Å². The quantitative estimate of drug-likeness (QED) is 0.879. The van der Waals surface area contributed by atoms with Crippen molar-refractivity contribution in [1.29, 1.82) is 0 Å². The summed E-state index contributed by atoms with van der Waals surface area (Å²) in [6.07, 6.45) is 4.94. The van der Waals surface area contributed by atoms with Gasteiger partial charge in [0.25, 0.3) is 0 Å². The molecule has 1 heterocycles. The summed E-state index contributed by atoms with van der Waals surface area (Å²) < 4.78 is 5.44. The van der Waals surface area contributed by atoms with E-state index in [9.17, 15) is 0 Å². The van der Waals surface area contributed by atoms with E-state index >= 15 is 0 Å². The number of likely N-dealkylation sites (N-methyl/N-ethyl adjacent to an activating group) is 1. The molecule has 1 aliphatic heterocycles. The molecule has 0 fully saturated rings. The van der Waals surface area contributed by atoms with Gasteiger partial charge in [0.2, 0.25) is 0 Å². The van der Waals surface area contributed by atoms with Crippen LogP contribution in [-0.2, 0) is 11.2 Å². The Morgan fingerprint density at radius 1 is 1.37 bits per heavy atom. The van der Waals surface area contributed by atoms with E-state index in [0.29, 0.717) is 5.02 Å². The maximum absolute atomic E-state index is 6.25. The van der Waals surface area contributed by atoms with Crippen LogP contribution in [-0.4, -0.2) is 19.2 Å². The SMILES string of the molecule is CCNC(Cc1ccc(Cl)cc1Cl)C1=COCCC1. The first-order valence-electron chi connectivity index (χ1n) is 6.68. The fourth-order valence-corrected chi connectivity index (χ4v) is 2.81. The maximum Gasteiger partial charge on any atom is 0.0876 e. The minimum Gasteiger partial charge on any atom is -0.501 e. The number of nitrogens with one attached hydrogen (secondary N) is 1. The normalized spacial score (nSPS) is 16.7. The van der Waals surface area contributed by atoms with Crippen molar-refractivity contribution in [1.82, 2.24) is 5.32 Å². The summed E-state index contributed by atoms with van der Waals surface area (Å²) >= 11 is 12.2. The molecule has 2 rings (SSSR count). The standard InChI is InChI=1S/C15H19Cl2NO/c1-2-18-15(12-4-3-7-19-10-12)8-11-5-6-13(16)9-14(11)17/h5-6,9-10,15,18H,2-4,7-8H2,1H3. The summed E-state index contributed by atoms with van der Waals surface area (Å²) in [5.74, 6) is 0. The molecular weight excluding hydrogens is 281 g/mol. The van der Waals surface area contributed by atoms with Crippen molar-refractivity contribution in [2.24, 2.45) is 0 Å². The Bertz CT molecular complexity index is 459. The van der Waals surface area contributed by atoms with Crippen LogP contribution in [0.2, 0.25) is 10.0 Å². The first-order chi connectivity index (χ1) is 9.20. The Balaban J connectivity index is 2.13. The summed E-state index contributed by atoms with van der Waals surface area (Å²) in [6.45, 7) is 3.86. The highest BCUT2D eigenvalue weighted by Gasteiger charge is 2.18. The van der Waals surface area contributed by atoms with Crippen LogP contribution in [0.5, 0.6) is 0 Å². The van der Waals surface area contributed by atoms with E-state index in [1.807, 2.05) is 18.4 Å². The summed E-state index contributed by atoms with van der Waals surface area (Å²) in [4.78, 5) is 0. The van der Waals surface area contributed by atoms with Gasteiger partial charge in [0.05, 0.1) is 12.9 Å². The molecule has 0 aliphatic carbocycles. The van der Waals surface area contributed by atoms with E-state index in [1.165, 1.54) is 5.57 Å². The zero-order valence-corrected chi connectivity index (χ0v) is 12.6. The van der Waals surface area contributed by atoms with Crippen molar-refractivity contribution >= 4 is 23.2 Å². The predicted octanol–water partition coefficient (Wildman–Crippen LogP) is 4.21. The second-order valence-corrected chi connectivity index (χ2v) is 5.56. The molecule has 0 radical (unpaired) electrons. The zero-order valence-electron chi connectivity index (χ0n) is 11.1. The Hall–Kier alpha value is -0.700. The highest BCUT2D eigenvalue weighted by molar-refractivity contribution is 6.35. The molecule has 1 aromatic rings. The van der Waals surface area contributed by atoms with Gasteiger partial charge in [0.1, 0.15) is 0 Å². The van der Waals surface area contributed by atoms with Gasteiger partial charge in [-0.05, 0) is 49.1 Å². The van der Waals surface area contributed by atoms with E-state index in [2.05, 4.69) is 12.2 Å². The molecular formula is C15H19Cl2NO. The average molecular weight is 300 g/mol. The second kappa shape index (κ2) is 7.18. The van der Waals surface area contributed by atoms with Crippen LogP contribution in [0.4, 0.5) is 0 Å². The first-order valence-corrected chi connectivity index (χ1v) is 7.44. The van der Waals surface area contributed by atoms with E-state index in [0.717, 1.165) is 43.0 Å². The maximum atomic E-state index is 6.25. The minimum absolute atomic E-state index is 0.281. The van der Waals surface area contributed by atoms with Gasteiger partial charge in [-0.1, -0.05) is 36.2 Å². The molecule has 1 unspecified atom stereocenters. The van der Waals surface area contributed by atoms with Gasteiger partial charge < -0.3 is 10.1 Å². The molecule has 0 spiro atoms. The van der Waals surface area contributed by atoms with Crippen LogP contribution in [0.15, 0.2) is 30.0 Å². The number of rotatable bonds is 5. The number of hydrogen-bond acceptors (Lipinski definition) is 2. The van der Waals surface area contributed by atoms with Gasteiger partial charge in [-0.2, -0.15) is 0 Å². The lowest BCUT2D eigenvalue weighted by atomic mass is 9.95. The molecule has 0 saturated carbocycles. The van der Waals surface area contributed by atoms with Crippen molar-refractivity contribution in [3.05, 3.63) is 45.6 Å². The molecule has 4 heteroatoms. The highest BCUT2D eigenvalue weighted by Crippen LogP contribution is 2.25. The van der Waals surface area contributed by atoms with Crippen LogP contribution in [0.25, 0.3) is 0 Å². The molecule has 1 aromatic carbocycles. The number of hydrogen-bond donors (Lipinski definition) is 1. The Morgan fingerprint density at radius 3 is 2.84 bits per heavy atom. The van der Waals surface area contributed by atoms with Crippen molar-refractivity contribution in [3.63, 3.8) is 0 Å². The first kappa shape index (κ1) is 14.7. The third kappa shape index (κ3) is 4.13. The third-order valence-corrected chi connectivity index (χ3v) is 3.89. The monoisotopic (exact) mass is 299 g/mol. The van der Waals surface area contributed by atoms with Gasteiger partial charge in [-0.25, -0.2) is 0 Å². The zero-order chi connectivity index (χ0) is 13.7. The fourth-order valence-electron chi connectivity index (χ4n) is 2.33. The molecule has 1 N–H and O–H groups in total. The Kier molecular flexibility index (Phi) is 5.56. The molecule has 0 bridgehead atoms. The van der Waals surface area contributed by atoms with E-state index in [1.54, 1.807) is 6.07 Å². The van der Waals surface area contributed by atoms with Crippen LogP contribution in [0, 0.1) is 0 Å². The largest absolute Gasteiger partial charge is 0.501 e. The lowest BCUT2D eigenvalue weighted by Gasteiger charge is -2.24. The topological polar surface area (TPSA) is 21.3 Å². The molecule has 104 valence electrons. The fraction of sp³-hybridized carbons (Fsp3) is 0.467. The van der Waals surface area contributed by atoms with E-state index < -0.39 is 0 Å².